The fourth-order valence-electron chi connectivity index (χ4n) is 2.82. The Balaban J connectivity index is 1.91. The predicted molar refractivity (Wildman–Crippen MR) is 97.3 cm³/mol. The summed E-state index contributed by atoms with van der Waals surface area (Å²) in [6, 6.07) is 19.4. The van der Waals surface area contributed by atoms with Gasteiger partial charge in [0.1, 0.15) is 0 Å². The summed E-state index contributed by atoms with van der Waals surface area (Å²) in [5, 5.41) is 4.01. The van der Waals surface area contributed by atoms with Crippen LogP contribution < -0.4 is 11.1 Å². The largest absolute Gasteiger partial charge is 0.345 e. The number of hydrogen-bond acceptors (Lipinski definition) is 4. The van der Waals surface area contributed by atoms with Crippen molar-refractivity contribution in [3.63, 3.8) is 0 Å². The van der Waals surface area contributed by atoms with Crippen LogP contribution in [0.2, 0.25) is 5.02 Å². The average molecular weight is 335 g/mol. The summed E-state index contributed by atoms with van der Waals surface area (Å²) in [5.74, 6) is -1.07. The highest BCUT2D eigenvalue weighted by atomic mass is 35.5. The molecule has 0 aliphatic carbocycles. The van der Waals surface area contributed by atoms with Gasteiger partial charge >= 0.3 is 0 Å². The number of nitrogens with one attached hydrogen (secondary N) is 1. The van der Waals surface area contributed by atoms with E-state index in [0.717, 1.165) is 28.1 Å². The molecule has 0 saturated heterocycles. The molecule has 1 aliphatic rings. The molecule has 0 amide bonds. The Morgan fingerprint density at radius 2 is 1.75 bits per heavy atom. The molecular formula is C19H15ClN4. The second-order valence-electron chi connectivity index (χ2n) is 5.65. The maximum absolute atomic E-state index is 6.59. The van der Waals surface area contributed by atoms with Crippen LogP contribution in [-0.4, -0.2) is 10.7 Å². The van der Waals surface area contributed by atoms with Crippen LogP contribution in [0.3, 0.4) is 0 Å². The van der Waals surface area contributed by atoms with E-state index >= 15 is 0 Å². The molecule has 5 heteroatoms. The van der Waals surface area contributed by atoms with Crippen LogP contribution in [-0.2, 0) is 5.79 Å². The SMILES string of the molecule is NC1(c2cccnc2)N=C(c2ccc(Cl)cc2)c2ccccc2N1. The topological polar surface area (TPSA) is 63.3 Å². The van der Waals surface area contributed by atoms with Crippen LogP contribution in [0, 0.1) is 0 Å². The van der Waals surface area contributed by atoms with Crippen LogP contribution in [0.4, 0.5) is 5.69 Å². The zero-order valence-electron chi connectivity index (χ0n) is 12.8. The first-order valence-electron chi connectivity index (χ1n) is 7.58. The summed E-state index contributed by atoms with van der Waals surface area (Å²) in [5.41, 5.74) is 11.1. The molecule has 0 bridgehead atoms. The number of aliphatic imine (C=N–C) groups is 1. The second-order valence-corrected chi connectivity index (χ2v) is 6.08. The number of anilines is 1. The average Bonchev–Trinajstić information content (AvgIpc) is 2.62. The highest BCUT2D eigenvalue weighted by Gasteiger charge is 2.33. The normalized spacial score (nSPS) is 19.2. The van der Waals surface area contributed by atoms with Gasteiger partial charge in [-0.05, 0) is 24.3 Å². The lowest BCUT2D eigenvalue weighted by molar-refractivity contribution is 0.536. The number of halogens is 1. The molecule has 4 nitrogen and oxygen atoms in total. The Labute approximate surface area is 145 Å². The molecule has 1 unspecified atom stereocenters. The molecule has 0 radical (unpaired) electrons. The van der Waals surface area contributed by atoms with Gasteiger partial charge in [-0.15, -0.1) is 0 Å². The molecule has 1 aliphatic heterocycles. The Kier molecular flexibility index (Phi) is 3.56. The third-order valence-corrected chi connectivity index (χ3v) is 4.27. The molecule has 3 aromatic rings. The minimum Gasteiger partial charge on any atom is -0.345 e. The summed E-state index contributed by atoms with van der Waals surface area (Å²) >= 11 is 6.02. The van der Waals surface area contributed by atoms with Crippen molar-refractivity contribution in [1.82, 2.24) is 4.98 Å². The Morgan fingerprint density at radius 3 is 2.50 bits per heavy atom. The molecule has 2 heterocycles. The monoisotopic (exact) mass is 334 g/mol. The van der Waals surface area contributed by atoms with Crippen molar-refractivity contribution in [2.75, 3.05) is 5.32 Å². The van der Waals surface area contributed by atoms with Gasteiger partial charge in [0.15, 0.2) is 0 Å². The van der Waals surface area contributed by atoms with Crippen molar-refractivity contribution in [3.8, 4) is 0 Å². The maximum Gasteiger partial charge on any atom is 0.211 e. The molecule has 118 valence electrons. The molecule has 3 N–H and O–H groups in total. The fraction of sp³-hybridized carbons (Fsp3) is 0.0526. The van der Waals surface area contributed by atoms with E-state index in [2.05, 4.69) is 10.3 Å². The third kappa shape index (κ3) is 2.56. The smallest absolute Gasteiger partial charge is 0.211 e. The highest BCUT2D eigenvalue weighted by molar-refractivity contribution is 6.30. The number of pyridine rings is 1. The molecule has 1 aromatic heterocycles. The van der Waals surface area contributed by atoms with Crippen LogP contribution in [0.25, 0.3) is 0 Å². The lowest BCUT2D eigenvalue weighted by Crippen LogP contribution is -2.46. The first-order chi connectivity index (χ1) is 11.7. The summed E-state index contributed by atoms with van der Waals surface area (Å²) in [7, 11) is 0. The zero-order chi connectivity index (χ0) is 16.6. The molecular weight excluding hydrogens is 320 g/mol. The van der Waals surface area contributed by atoms with Gasteiger partial charge in [0, 0.05) is 39.8 Å². The van der Waals surface area contributed by atoms with Crippen molar-refractivity contribution in [2.45, 2.75) is 5.79 Å². The van der Waals surface area contributed by atoms with Crippen molar-refractivity contribution in [1.29, 1.82) is 0 Å². The Morgan fingerprint density at radius 1 is 0.958 bits per heavy atom. The highest BCUT2D eigenvalue weighted by Crippen LogP contribution is 2.33. The molecule has 0 fully saturated rings. The van der Waals surface area contributed by atoms with Crippen molar-refractivity contribution in [3.05, 3.63) is 94.8 Å². The summed E-state index contributed by atoms with van der Waals surface area (Å²) < 4.78 is 0. The zero-order valence-corrected chi connectivity index (χ0v) is 13.5. The number of nitrogens with two attached hydrogens (primary N) is 1. The van der Waals surface area contributed by atoms with Gasteiger partial charge < -0.3 is 5.32 Å². The van der Waals surface area contributed by atoms with E-state index in [-0.39, 0.29) is 0 Å². The standard InChI is InChI=1S/C19H15ClN4/c20-15-9-7-13(8-10-15)18-16-5-1-2-6-17(16)23-19(21,24-18)14-4-3-11-22-12-14/h1-12,23H,21H2. The quantitative estimate of drug-likeness (QED) is 0.750. The van der Waals surface area contributed by atoms with E-state index < -0.39 is 5.79 Å². The number of rotatable bonds is 2. The van der Waals surface area contributed by atoms with Crippen molar-refractivity contribution in [2.24, 2.45) is 10.7 Å². The maximum atomic E-state index is 6.59. The Bertz CT molecular complexity index is 906. The van der Waals surface area contributed by atoms with E-state index in [1.54, 1.807) is 12.4 Å². The molecule has 1 atom stereocenters. The Hall–Kier alpha value is -2.69. The van der Waals surface area contributed by atoms with Crippen LogP contribution in [0.1, 0.15) is 16.7 Å². The van der Waals surface area contributed by atoms with Gasteiger partial charge in [-0.2, -0.15) is 0 Å². The van der Waals surface area contributed by atoms with Gasteiger partial charge in [0.05, 0.1) is 5.71 Å². The molecule has 24 heavy (non-hydrogen) atoms. The number of hydrogen-bond donors (Lipinski definition) is 2. The van der Waals surface area contributed by atoms with E-state index in [4.69, 9.17) is 22.3 Å². The lowest BCUT2D eigenvalue weighted by atomic mass is 9.96. The second kappa shape index (κ2) is 5.74. The van der Waals surface area contributed by atoms with Gasteiger partial charge in [-0.3, -0.25) is 10.7 Å². The van der Waals surface area contributed by atoms with Gasteiger partial charge in [0.25, 0.3) is 0 Å². The third-order valence-electron chi connectivity index (χ3n) is 4.01. The van der Waals surface area contributed by atoms with Gasteiger partial charge in [-0.25, -0.2) is 4.99 Å². The molecule has 0 spiro atoms. The van der Waals surface area contributed by atoms with Crippen LogP contribution in [0.5, 0.6) is 0 Å². The van der Waals surface area contributed by atoms with E-state index in [1.807, 2.05) is 60.7 Å². The van der Waals surface area contributed by atoms with Crippen LogP contribution >= 0.6 is 11.6 Å². The summed E-state index contributed by atoms with van der Waals surface area (Å²) in [6.07, 6.45) is 3.44. The van der Waals surface area contributed by atoms with Gasteiger partial charge in [0.2, 0.25) is 5.79 Å². The number of aromatic nitrogens is 1. The van der Waals surface area contributed by atoms with Gasteiger partial charge in [-0.1, -0.05) is 48.0 Å². The van der Waals surface area contributed by atoms with E-state index in [0.29, 0.717) is 5.02 Å². The minimum absolute atomic E-state index is 0.688. The lowest BCUT2D eigenvalue weighted by Gasteiger charge is -2.34. The number of fused-ring (bicyclic) bond motifs is 1. The van der Waals surface area contributed by atoms with E-state index in [9.17, 15) is 0 Å². The van der Waals surface area contributed by atoms with Crippen LogP contribution in [0.15, 0.2) is 78.0 Å². The molecule has 0 saturated carbocycles. The number of nitrogens with zero attached hydrogens (tertiary/aromatic N) is 2. The van der Waals surface area contributed by atoms with Crippen molar-refractivity contribution >= 4 is 23.0 Å². The number of benzene rings is 2. The first-order valence-corrected chi connectivity index (χ1v) is 7.96. The van der Waals surface area contributed by atoms with Crippen molar-refractivity contribution < 1.29 is 0 Å². The van der Waals surface area contributed by atoms with E-state index in [1.165, 1.54) is 0 Å². The number of para-hydroxylation sites is 1. The summed E-state index contributed by atoms with van der Waals surface area (Å²) in [4.78, 5) is 8.99. The first kappa shape index (κ1) is 14.9. The predicted octanol–water partition coefficient (Wildman–Crippen LogP) is 3.77. The summed E-state index contributed by atoms with van der Waals surface area (Å²) in [6.45, 7) is 0. The molecule has 4 rings (SSSR count). The minimum atomic E-state index is -1.07. The molecule has 2 aromatic carbocycles. The fourth-order valence-corrected chi connectivity index (χ4v) is 2.95.